The van der Waals surface area contributed by atoms with E-state index in [4.69, 9.17) is 11.6 Å². The molecule has 0 aliphatic carbocycles. The number of hydrogen-bond acceptors (Lipinski definition) is 2. The molecule has 0 fully saturated rings. The maximum Gasteiger partial charge on any atom is 0.161 e. The minimum Gasteiger partial charge on any atom is -0.233 e. The van der Waals surface area contributed by atoms with E-state index < -0.39 is 0 Å². The molecule has 0 atom stereocenters. The quantitative estimate of drug-likeness (QED) is 0.701. The van der Waals surface area contributed by atoms with Crippen LogP contribution in [0.25, 0.3) is 11.4 Å². The van der Waals surface area contributed by atoms with E-state index in [9.17, 15) is 0 Å². The summed E-state index contributed by atoms with van der Waals surface area (Å²) in [6.07, 6.45) is 0. The van der Waals surface area contributed by atoms with Crippen LogP contribution in [0.1, 0.15) is 16.8 Å². The number of halogens is 1. The van der Waals surface area contributed by atoms with Crippen LogP contribution in [0.5, 0.6) is 0 Å². The molecule has 0 aliphatic heterocycles. The molecule has 2 aromatic rings. The molecule has 0 unspecified atom stereocenters. The lowest BCUT2D eigenvalue weighted by molar-refractivity contribution is 1.07. The summed E-state index contributed by atoms with van der Waals surface area (Å²) in [6, 6.07) is 8.11. The summed E-state index contributed by atoms with van der Waals surface area (Å²) in [7, 11) is 0. The molecule has 0 radical (unpaired) electrons. The fourth-order valence-electron chi connectivity index (χ4n) is 1.43. The molecular weight excluding hydrogens is 220 g/mol. The summed E-state index contributed by atoms with van der Waals surface area (Å²) in [4.78, 5) is 8.73. The Morgan fingerprint density at radius 1 is 0.938 bits per heavy atom. The van der Waals surface area contributed by atoms with Crippen molar-refractivity contribution in [3.63, 3.8) is 0 Å². The van der Waals surface area contributed by atoms with Crippen LogP contribution in [0.15, 0.2) is 24.3 Å². The van der Waals surface area contributed by atoms with E-state index in [1.807, 2.05) is 38.1 Å². The normalized spacial score (nSPS) is 10.5. The second kappa shape index (κ2) is 4.22. The molecule has 1 heterocycles. The van der Waals surface area contributed by atoms with Crippen LogP contribution in [0.3, 0.4) is 0 Å². The van der Waals surface area contributed by atoms with E-state index in [0.717, 1.165) is 16.8 Å². The van der Waals surface area contributed by atoms with Crippen molar-refractivity contribution >= 4 is 11.6 Å². The van der Waals surface area contributed by atoms with Crippen LogP contribution < -0.4 is 0 Å². The van der Waals surface area contributed by atoms with Crippen molar-refractivity contribution in [2.45, 2.75) is 20.8 Å². The average Bonchev–Trinajstić information content (AvgIpc) is 2.26. The number of nitrogens with zero attached hydrogens (tertiary/aromatic N) is 2. The van der Waals surface area contributed by atoms with Crippen molar-refractivity contribution in [2.24, 2.45) is 0 Å². The number of aromatic nitrogens is 2. The fourth-order valence-corrected chi connectivity index (χ4v) is 1.64. The number of hydrogen-bond donors (Lipinski definition) is 0. The topological polar surface area (TPSA) is 25.8 Å². The SMILES string of the molecule is Cc1ccc(-c2nc(C)c(C)c(Cl)n2)cc1. The minimum atomic E-state index is 0.531. The van der Waals surface area contributed by atoms with Gasteiger partial charge in [0.1, 0.15) is 5.15 Å². The largest absolute Gasteiger partial charge is 0.233 e. The Hall–Kier alpha value is -1.41. The van der Waals surface area contributed by atoms with Gasteiger partial charge in [-0.1, -0.05) is 41.4 Å². The molecule has 3 heteroatoms. The maximum absolute atomic E-state index is 6.05. The Morgan fingerprint density at radius 3 is 2.12 bits per heavy atom. The standard InChI is InChI=1S/C13H13ClN2/c1-8-4-6-11(7-5-8)13-15-10(3)9(2)12(14)16-13/h4-7H,1-3H3. The third kappa shape index (κ3) is 2.07. The molecule has 2 nitrogen and oxygen atoms in total. The lowest BCUT2D eigenvalue weighted by Gasteiger charge is -2.06. The van der Waals surface area contributed by atoms with Crippen molar-refractivity contribution in [3.8, 4) is 11.4 Å². The zero-order chi connectivity index (χ0) is 11.7. The second-order valence-electron chi connectivity index (χ2n) is 3.91. The van der Waals surface area contributed by atoms with Crippen molar-refractivity contribution in [1.29, 1.82) is 0 Å². The third-order valence-corrected chi connectivity index (χ3v) is 3.01. The van der Waals surface area contributed by atoms with Crippen LogP contribution in [-0.2, 0) is 0 Å². The molecule has 1 aromatic heterocycles. The van der Waals surface area contributed by atoms with Gasteiger partial charge in [0, 0.05) is 16.8 Å². The lowest BCUT2D eigenvalue weighted by Crippen LogP contribution is -1.96. The molecule has 0 amide bonds. The van der Waals surface area contributed by atoms with Gasteiger partial charge < -0.3 is 0 Å². The fraction of sp³-hybridized carbons (Fsp3) is 0.231. The van der Waals surface area contributed by atoms with Crippen LogP contribution in [0, 0.1) is 20.8 Å². The summed E-state index contributed by atoms with van der Waals surface area (Å²) in [5.41, 5.74) is 4.09. The predicted molar refractivity (Wildman–Crippen MR) is 66.7 cm³/mol. The second-order valence-corrected chi connectivity index (χ2v) is 4.27. The van der Waals surface area contributed by atoms with Gasteiger partial charge in [-0.3, -0.25) is 0 Å². The van der Waals surface area contributed by atoms with Gasteiger partial charge in [-0.2, -0.15) is 0 Å². The summed E-state index contributed by atoms with van der Waals surface area (Å²) < 4.78 is 0. The van der Waals surface area contributed by atoms with Crippen LogP contribution in [-0.4, -0.2) is 9.97 Å². The van der Waals surface area contributed by atoms with Gasteiger partial charge in [0.15, 0.2) is 5.82 Å². The number of benzene rings is 1. The van der Waals surface area contributed by atoms with Crippen LogP contribution >= 0.6 is 11.6 Å². The summed E-state index contributed by atoms with van der Waals surface area (Å²) in [6.45, 7) is 5.93. The first-order valence-electron chi connectivity index (χ1n) is 5.15. The Labute approximate surface area is 100 Å². The highest BCUT2D eigenvalue weighted by molar-refractivity contribution is 6.30. The monoisotopic (exact) mass is 232 g/mol. The summed E-state index contributed by atoms with van der Waals surface area (Å²) >= 11 is 6.05. The van der Waals surface area contributed by atoms with Crippen molar-refractivity contribution in [1.82, 2.24) is 9.97 Å². The Bertz CT molecular complexity index is 495. The highest BCUT2D eigenvalue weighted by Crippen LogP contribution is 2.21. The first-order chi connectivity index (χ1) is 7.58. The molecule has 16 heavy (non-hydrogen) atoms. The number of rotatable bonds is 1. The summed E-state index contributed by atoms with van der Waals surface area (Å²) in [5.74, 6) is 0.688. The van der Waals surface area contributed by atoms with E-state index in [0.29, 0.717) is 11.0 Å². The van der Waals surface area contributed by atoms with E-state index in [-0.39, 0.29) is 0 Å². The summed E-state index contributed by atoms with van der Waals surface area (Å²) in [5, 5.41) is 0.531. The van der Waals surface area contributed by atoms with E-state index in [2.05, 4.69) is 16.9 Å². The van der Waals surface area contributed by atoms with Gasteiger partial charge in [0.2, 0.25) is 0 Å². The highest BCUT2D eigenvalue weighted by Gasteiger charge is 2.07. The first-order valence-corrected chi connectivity index (χ1v) is 5.53. The van der Waals surface area contributed by atoms with Gasteiger partial charge in [0.25, 0.3) is 0 Å². The molecule has 1 aromatic carbocycles. The molecule has 0 saturated heterocycles. The lowest BCUT2D eigenvalue weighted by atomic mass is 10.1. The zero-order valence-corrected chi connectivity index (χ0v) is 10.3. The smallest absolute Gasteiger partial charge is 0.161 e. The van der Waals surface area contributed by atoms with E-state index in [1.54, 1.807) is 0 Å². The predicted octanol–water partition coefficient (Wildman–Crippen LogP) is 3.72. The Kier molecular flexibility index (Phi) is 2.92. The zero-order valence-electron chi connectivity index (χ0n) is 9.58. The van der Waals surface area contributed by atoms with Crippen molar-refractivity contribution in [3.05, 3.63) is 46.2 Å². The van der Waals surface area contributed by atoms with E-state index in [1.165, 1.54) is 5.56 Å². The van der Waals surface area contributed by atoms with Gasteiger partial charge in [-0.15, -0.1) is 0 Å². The average molecular weight is 233 g/mol. The van der Waals surface area contributed by atoms with Gasteiger partial charge in [-0.05, 0) is 20.8 Å². The molecule has 0 N–H and O–H groups in total. The van der Waals surface area contributed by atoms with E-state index >= 15 is 0 Å². The van der Waals surface area contributed by atoms with Crippen LogP contribution in [0.2, 0.25) is 5.15 Å². The van der Waals surface area contributed by atoms with Crippen molar-refractivity contribution < 1.29 is 0 Å². The highest BCUT2D eigenvalue weighted by atomic mass is 35.5. The molecule has 2 rings (SSSR count). The first kappa shape index (κ1) is 11.1. The Morgan fingerprint density at radius 2 is 1.56 bits per heavy atom. The van der Waals surface area contributed by atoms with Crippen molar-refractivity contribution in [2.75, 3.05) is 0 Å². The molecular formula is C13H13ClN2. The van der Waals surface area contributed by atoms with Gasteiger partial charge >= 0.3 is 0 Å². The minimum absolute atomic E-state index is 0.531. The third-order valence-electron chi connectivity index (χ3n) is 2.64. The molecule has 0 spiro atoms. The van der Waals surface area contributed by atoms with Crippen LogP contribution in [0.4, 0.5) is 0 Å². The molecule has 0 aliphatic rings. The number of aryl methyl sites for hydroxylation is 2. The molecule has 82 valence electrons. The maximum atomic E-state index is 6.05. The van der Waals surface area contributed by atoms with Gasteiger partial charge in [-0.25, -0.2) is 9.97 Å². The molecule has 0 bridgehead atoms. The molecule has 0 saturated carbocycles. The van der Waals surface area contributed by atoms with Gasteiger partial charge in [0.05, 0.1) is 0 Å². The Balaban J connectivity index is 2.52.